The minimum Gasteiger partial charge on any atom is -0.380 e. The molecule has 1 fully saturated rings. The van der Waals surface area contributed by atoms with E-state index in [0.717, 1.165) is 38.6 Å². The van der Waals surface area contributed by atoms with Crippen molar-refractivity contribution < 1.29 is 4.74 Å². The lowest BCUT2D eigenvalue weighted by Crippen LogP contribution is -2.40. The van der Waals surface area contributed by atoms with Gasteiger partial charge in [-0.3, -0.25) is 0 Å². The van der Waals surface area contributed by atoms with Crippen LogP contribution in [0.3, 0.4) is 0 Å². The van der Waals surface area contributed by atoms with Crippen LogP contribution in [0.5, 0.6) is 0 Å². The Balaban J connectivity index is 1.97. The Morgan fingerprint density at radius 1 is 1.44 bits per heavy atom. The molecule has 2 atom stereocenters. The van der Waals surface area contributed by atoms with E-state index in [1.165, 1.54) is 12.8 Å². The number of nitrogens with two attached hydrogens (primary N) is 1. The third-order valence-electron chi connectivity index (χ3n) is 3.57. The van der Waals surface area contributed by atoms with Crippen molar-refractivity contribution in [2.75, 3.05) is 33.4 Å². The Morgan fingerprint density at radius 2 is 2.12 bits per heavy atom. The maximum Gasteiger partial charge on any atom is 0.0593 e. The Bertz CT molecular complexity index is 183. The van der Waals surface area contributed by atoms with E-state index in [9.17, 15) is 0 Å². The normalized spacial score (nSPS) is 20.1. The van der Waals surface area contributed by atoms with E-state index >= 15 is 0 Å². The van der Waals surface area contributed by atoms with Gasteiger partial charge < -0.3 is 15.4 Å². The lowest BCUT2D eigenvalue weighted by molar-refractivity contribution is 0.100. The molecular weight excluding hydrogens is 200 g/mol. The Kier molecular flexibility index (Phi) is 6.32. The molecule has 0 heterocycles. The molecule has 96 valence electrons. The van der Waals surface area contributed by atoms with Crippen LogP contribution in [0.15, 0.2) is 0 Å². The van der Waals surface area contributed by atoms with Gasteiger partial charge in [0.05, 0.1) is 6.61 Å². The summed E-state index contributed by atoms with van der Waals surface area (Å²) in [6, 6.07) is 0.290. The van der Waals surface area contributed by atoms with Crippen molar-refractivity contribution >= 4 is 0 Å². The highest BCUT2D eigenvalue weighted by molar-refractivity contribution is 4.73. The minimum absolute atomic E-state index is 0.290. The first kappa shape index (κ1) is 13.9. The highest BCUT2D eigenvalue weighted by Crippen LogP contribution is 2.28. The third-order valence-corrected chi connectivity index (χ3v) is 3.57. The molecule has 0 spiro atoms. The molecule has 0 radical (unpaired) electrons. The average Bonchev–Trinajstić information content (AvgIpc) is 3.07. The average molecular weight is 228 g/mol. The molecule has 1 aliphatic carbocycles. The molecule has 1 rings (SSSR count). The van der Waals surface area contributed by atoms with E-state index in [4.69, 9.17) is 10.5 Å². The molecule has 0 aromatic heterocycles. The molecule has 0 aliphatic heterocycles. The second kappa shape index (κ2) is 7.25. The summed E-state index contributed by atoms with van der Waals surface area (Å²) in [6.07, 6.45) is 3.90. The largest absolute Gasteiger partial charge is 0.380 e. The van der Waals surface area contributed by atoms with Gasteiger partial charge in [0.15, 0.2) is 0 Å². The van der Waals surface area contributed by atoms with Crippen molar-refractivity contribution in [3.63, 3.8) is 0 Å². The number of ether oxygens (including phenoxy) is 1. The number of hydrogen-bond acceptors (Lipinski definition) is 3. The van der Waals surface area contributed by atoms with E-state index in [1.807, 2.05) is 0 Å². The van der Waals surface area contributed by atoms with Crippen molar-refractivity contribution in [3.8, 4) is 0 Å². The molecule has 0 saturated heterocycles. The molecule has 0 aromatic carbocycles. The van der Waals surface area contributed by atoms with E-state index in [1.54, 1.807) is 0 Å². The summed E-state index contributed by atoms with van der Waals surface area (Å²) in [6.45, 7) is 8.20. The number of hydrogen-bond donors (Lipinski definition) is 1. The van der Waals surface area contributed by atoms with Crippen molar-refractivity contribution in [2.24, 2.45) is 17.6 Å². The molecule has 0 amide bonds. The summed E-state index contributed by atoms with van der Waals surface area (Å²) >= 11 is 0. The van der Waals surface area contributed by atoms with Gasteiger partial charge in [-0.15, -0.1) is 0 Å². The minimum atomic E-state index is 0.290. The van der Waals surface area contributed by atoms with Crippen molar-refractivity contribution in [2.45, 2.75) is 39.2 Å². The zero-order chi connectivity index (χ0) is 12.0. The monoisotopic (exact) mass is 228 g/mol. The molecule has 2 unspecified atom stereocenters. The van der Waals surface area contributed by atoms with E-state index in [0.29, 0.717) is 12.0 Å². The van der Waals surface area contributed by atoms with Crippen molar-refractivity contribution in [3.05, 3.63) is 0 Å². The number of nitrogens with zero attached hydrogens (tertiary/aromatic N) is 1. The highest BCUT2D eigenvalue weighted by atomic mass is 16.5. The molecule has 3 nitrogen and oxygen atoms in total. The van der Waals surface area contributed by atoms with Crippen LogP contribution in [0.25, 0.3) is 0 Å². The van der Waals surface area contributed by atoms with E-state index < -0.39 is 0 Å². The van der Waals surface area contributed by atoms with Gasteiger partial charge in [0.2, 0.25) is 0 Å². The Hall–Kier alpha value is -0.120. The van der Waals surface area contributed by atoms with Crippen LogP contribution >= 0.6 is 0 Å². The standard InChI is InChI=1S/C13H28N2O/c1-4-11(2)13(14)9-15(3)7-8-16-10-12-5-6-12/h11-13H,4-10,14H2,1-3H3. The summed E-state index contributed by atoms with van der Waals surface area (Å²) in [5.74, 6) is 1.47. The third kappa shape index (κ3) is 5.83. The van der Waals surface area contributed by atoms with Gasteiger partial charge in [-0.25, -0.2) is 0 Å². The second-order valence-electron chi connectivity index (χ2n) is 5.33. The number of likely N-dealkylation sites (N-methyl/N-ethyl adjacent to an activating group) is 1. The molecule has 1 aliphatic rings. The Morgan fingerprint density at radius 3 is 2.69 bits per heavy atom. The maximum atomic E-state index is 6.11. The number of rotatable bonds is 9. The fourth-order valence-electron chi connectivity index (χ4n) is 1.69. The van der Waals surface area contributed by atoms with Crippen LogP contribution in [-0.2, 0) is 4.74 Å². The Labute approximate surface area is 100 Å². The lowest BCUT2D eigenvalue weighted by Gasteiger charge is -2.24. The predicted molar refractivity (Wildman–Crippen MR) is 68.5 cm³/mol. The molecule has 3 heteroatoms. The lowest BCUT2D eigenvalue weighted by atomic mass is 10.00. The SMILES string of the molecule is CCC(C)C(N)CN(C)CCOCC1CC1. The van der Waals surface area contributed by atoms with Crippen LogP contribution in [-0.4, -0.2) is 44.3 Å². The fraction of sp³-hybridized carbons (Fsp3) is 1.00. The van der Waals surface area contributed by atoms with Gasteiger partial charge >= 0.3 is 0 Å². The van der Waals surface area contributed by atoms with Gasteiger partial charge in [-0.05, 0) is 31.7 Å². The zero-order valence-electron chi connectivity index (χ0n) is 11.1. The van der Waals surface area contributed by atoms with Gasteiger partial charge in [-0.1, -0.05) is 20.3 Å². The van der Waals surface area contributed by atoms with Crippen LogP contribution in [0.1, 0.15) is 33.1 Å². The highest BCUT2D eigenvalue weighted by Gasteiger charge is 2.21. The molecule has 16 heavy (non-hydrogen) atoms. The van der Waals surface area contributed by atoms with Gasteiger partial charge in [-0.2, -0.15) is 0 Å². The fourth-order valence-corrected chi connectivity index (χ4v) is 1.69. The molecule has 2 N–H and O–H groups in total. The van der Waals surface area contributed by atoms with Gasteiger partial charge in [0.25, 0.3) is 0 Å². The summed E-state index contributed by atoms with van der Waals surface area (Å²) in [5, 5.41) is 0. The summed E-state index contributed by atoms with van der Waals surface area (Å²) < 4.78 is 5.61. The van der Waals surface area contributed by atoms with Crippen LogP contribution in [0.4, 0.5) is 0 Å². The van der Waals surface area contributed by atoms with Crippen LogP contribution in [0, 0.1) is 11.8 Å². The topological polar surface area (TPSA) is 38.5 Å². The molecule has 0 bridgehead atoms. The summed E-state index contributed by atoms with van der Waals surface area (Å²) in [4.78, 5) is 2.28. The summed E-state index contributed by atoms with van der Waals surface area (Å²) in [7, 11) is 2.13. The van der Waals surface area contributed by atoms with Gasteiger partial charge in [0, 0.05) is 25.7 Å². The van der Waals surface area contributed by atoms with Crippen LogP contribution in [0.2, 0.25) is 0 Å². The molecule has 0 aromatic rings. The van der Waals surface area contributed by atoms with E-state index in [-0.39, 0.29) is 0 Å². The summed E-state index contributed by atoms with van der Waals surface area (Å²) in [5.41, 5.74) is 6.11. The van der Waals surface area contributed by atoms with E-state index in [2.05, 4.69) is 25.8 Å². The van der Waals surface area contributed by atoms with Crippen molar-refractivity contribution in [1.82, 2.24) is 4.90 Å². The second-order valence-corrected chi connectivity index (χ2v) is 5.33. The first-order chi connectivity index (χ1) is 7.63. The quantitative estimate of drug-likeness (QED) is 0.611. The molecule has 1 saturated carbocycles. The first-order valence-corrected chi connectivity index (χ1v) is 6.65. The smallest absolute Gasteiger partial charge is 0.0593 e. The maximum absolute atomic E-state index is 6.11. The first-order valence-electron chi connectivity index (χ1n) is 6.65. The van der Waals surface area contributed by atoms with Gasteiger partial charge in [0.1, 0.15) is 0 Å². The zero-order valence-corrected chi connectivity index (χ0v) is 11.1. The van der Waals surface area contributed by atoms with Crippen molar-refractivity contribution in [1.29, 1.82) is 0 Å². The van der Waals surface area contributed by atoms with Crippen LogP contribution < -0.4 is 5.73 Å². The molecular formula is C13H28N2O. The predicted octanol–water partition coefficient (Wildman–Crippen LogP) is 1.72.